The third-order valence-corrected chi connectivity index (χ3v) is 4.27. The van der Waals surface area contributed by atoms with Crippen molar-refractivity contribution in [2.24, 2.45) is 0 Å². The zero-order chi connectivity index (χ0) is 18.6. The van der Waals surface area contributed by atoms with Crippen LogP contribution in [0, 0.1) is 32.1 Å². The minimum absolute atomic E-state index is 0.0360. The van der Waals surface area contributed by atoms with E-state index in [0.717, 1.165) is 35.5 Å². The number of hydrogen-bond donors (Lipinski definition) is 0. The molecule has 1 aromatic carbocycles. The van der Waals surface area contributed by atoms with Crippen molar-refractivity contribution in [2.75, 3.05) is 0 Å². The first-order valence-electron chi connectivity index (χ1n) is 8.14. The maximum absolute atomic E-state index is 12.4. The number of rotatable bonds is 5. The van der Waals surface area contributed by atoms with E-state index in [9.17, 15) is 10.1 Å². The van der Waals surface area contributed by atoms with Crippen LogP contribution in [-0.4, -0.2) is 10.5 Å². The Morgan fingerprint density at radius 3 is 2.64 bits per heavy atom. The van der Waals surface area contributed by atoms with Gasteiger partial charge in [0.05, 0.1) is 0 Å². The first kappa shape index (κ1) is 18.8. The minimum atomic E-state index is -0.673. The summed E-state index contributed by atoms with van der Waals surface area (Å²) in [4.78, 5) is 12.4. The van der Waals surface area contributed by atoms with Crippen LogP contribution in [0.25, 0.3) is 6.08 Å². The van der Waals surface area contributed by atoms with Gasteiger partial charge in [-0.25, -0.2) is 4.79 Å². The van der Waals surface area contributed by atoms with Crippen LogP contribution in [0.3, 0.4) is 0 Å². The van der Waals surface area contributed by atoms with E-state index in [0.29, 0.717) is 10.8 Å². The molecule has 0 fully saturated rings. The molecule has 130 valence electrons. The number of aryl methyl sites for hydroxylation is 2. The first-order chi connectivity index (χ1) is 11.9. The number of esters is 1. The summed E-state index contributed by atoms with van der Waals surface area (Å²) in [5.74, 6) is -0.278. The molecule has 0 amide bonds. The second-order valence-corrected chi connectivity index (χ2v) is 6.38. The molecule has 4 nitrogen and oxygen atoms in total. The Labute approximate surface area is 153 Å². The molecule has 25 heavy (non-hydrogen) atoms. The molecule has 0 saturated heterocycles. The van der Waals surface area contributed by atoms with Crippen LogP contribution in [-0.2, 0) is 11.3 Å². The molecule has 0 aliphatic carbocycles. The van der Waals surface area contributed by atoms with Crippen LogP contribution in [0.5, 0.6) is 5.75 Å². The maximum Gasteiger partial charge on any atom is 0.354 e. The third-order valence-electron chi connectivity index (χ3n) is 4.04. The quantitative estimate of drug-likeness (QED) is 0.328. The predicted molar refractivity (Wildman–Crippen MR) is 99.6 cm³/mol. The van der Waals surface area contributed by atoms with Crippen LogP contribution >= 0.6 is 11.6 Å². The Morgan fingerprint density at radius 1 is 1.32 bits per heavy atom. The Hall–Kier alpha value is -2.51. The highest BCUT2D eigenvalue weighted by atomic mass is 35.5. The number of halogens is 1. The van der Waals surface area contributed by atoms with Crippen LogP contribution < -0.4 is 4.74 Å². The monoisotopic (exact) mass is 356 g/mol. The average Bonchev–Trinajstić information content (AvgIpc) is 2.83. The highest BCUT2D eigenvalue weighted by Crippen LogP contribution is 2.24. The van der Waals surface area contributed by atoms with Gasteiger partial charge in [0.1, 0.15) is 17.4 Å². The average molecular weight is 357 g/mol. The summed E-state index contributed by atoms with van der Waals surface area (Å²) in [5.41, 5.74) is 3.69. The van der Waals surface area contributed by atoms with Gasteiger partial charge in [-0.15, -0.1) is 0 Å². The lowest BCUT2D eigenvalue weighted by atomic mass is 10.1. The Morgan fingerprint density at radius 2 is 2.04 bits per heavy atom. The molecule has 5 heteroatoms. The van der Waals surface area contributed by atoms with E-state index in [-0.39, 0.29) is 5.57 Å². The van der Waals surface area contributed by atoms with Crippen molar-refractivity contribution in [3.05, 3.63) is 57.4 Å². The fraction of sp³-hybridized carbons (Fsp3) is 0.300. The smallest absolute Gasteiger partial charge is 0.354 e. The van der Waals surface area contributed by atoms with E-state index >= 15 is 0 Å². The number of hydrogen-bond acceptors (Lipinski definition) is 3. The lowest BCUT2D eigenvalue weighted by Crippen LogP contribution is -2.11. The van der Waals surface area contributed by atoms with Gasteiger partial charge in [-0.1, -0.05) is 18.5 Å². The molecule has 0 aliphatic heterocycles. The van der Waals surface area contributed by atoms with Crippen molar-refractivity contribution in [1.82, 2.24) is 4.57 Å². The van der Waals surface area contributed by atoms with Gasteiger partial charge in [0, 0.05) is 23.0 Å². The molecule has 2 aromatic rings. The molecule has 1 heterocycles. The van der Waals surface area contributed by atoms with E-state index in [2.05, 4.69) is 11.5 Å². The molecule has 0 saturated carbocycles. The van der Waals surface area contributed by atoms with Gasteiger partial charge in [0.25, 0.3) is 0 Å². The van der Waals surface area contributed by atoms with E-state index in [1.165, 1.54) is 0 Å². The van der Waals surface area contributed by atoms with Crippen molar-refractivity contribution in [2.45, 2.75) is 40.7 Å². The minimum Gasteiger partial charge on any atom is -0.422 e. The van der Waals surface area contributed by atoms with Gasteiger partial charge in [-0.3, -0.25) is 0 Å². The zero-order valence-corrected chi connectivity index (χ0v) is 15.6. The summed E-state index contributed by atoms with van der Waals surface area (Å²) >= 11 is 5.90. The van der Waals surface area contributed by atoms with Gasteiger partial charge in [0.15, 0.2) is 0 Å². The molecule has 0 bridgehead atoms. The van der Waals surface area contributed by atoms with E-state index in [1.54, 1.807) is 31.2 Å². The Kier molecular flexibility index (Phi) is 6.06. The summed E-state index contributed by atoms with van der Waals surface area (Å²) in [6.45, 7) is 8.81. The topological polar surface area (TPSA) is 55.0 Å². The summed E-state index contributed by atoms with van der Waals surface area (Å²) in [6, 6.07) is 8.89. The number of nitriles is 1. The molecule has 0 radical (unpaired) electrons. The van der Waals surface area contributed by atoms with Gasteiger partial charge in [0.2, 0.25) is 0 Å². The molecular weight excluding hydrogens is 336 g/mol. The van der Waals surface area contributed by atoms with Crippen molar-refractivity contribution < 1.29 is 9.53 Å². The van der Waals surface area contributed by atoms with Gasteiger partial charge in [-0.2, -0.15) is 5.26 Å². The third kappa shape index (κ3) is 4.32. The fourth-order valence-corrected chi connectivity index (χ4v) is 2.94. The van der Waals surface area contributed by atoms with Crippen molar-refractivity contribution in [3.63, 3.8) is 0 Å². The Bertz CT molecular complexity index is 873. The summed E-state index contributed by atoms with van der Waals surface area (Å²) in [7, 11) is 0. The van der Waals surface area contributed by atoms with Gasteiger partial charge in [-0.05, 0) is 68.7 Å². The largest absolute Gasteiger partial charge is 0.422 e. The van der Waals surface area contributed by atoms with Crippen LogP contribution in [0.15, 0.2) is 29.8 Å². The molecule has 2 rings (SSSR count). The second-order valence-electron chi connectivity index (χ2n) is 5.95. The lowest BCUT2D eigenvalue weighted by molar-refractivity contribution is -0.129. The Balaban J connectivity index is 2.30. The number of aromatic nitrogens is 1. The normalized spacial score (nSPS) is 11.3. The molecule has 0 spiro atoms. The van der Waals surface area contributed by atoms with E-state index in [4.69, 9.17) is 16.3 Å². The van der Waals surface area contributed by atoms with Gasteiger partial charge >= 0.3 is 5.97 Å². The molecule has 0 unspecified atom stereocenters. The van der Waals surface area contributed by atoms with Gasteiger partial charge < -0.3 is 9.30 Å². The first-order valence-corrected chi connectivity index (χ1v) is 8.52. The van der Waals surface area contributed by atoms with E-state index < -0.39 is 5.97 Å². The molecular formula is C20H21ClN2O2. The molecule has 0 aliphatic rings. The standard InChI is InChI=1S/C20H21ClN2O2/c1-5-8-23-14(3)10-16(15(23)4)11-17(12-22)20(24)25-19-7-6-18(21)9-13(19)2/h6-7,9-11H,5,8H2,1-4H3/b17-11-. The fourth-order valence-electron chi connectivity index (χ4n) is 2.72. The highest BCUT2D eigenvalue weighted by Gasteiger charge is 2.15. The van der Waals surface area contributed by atoms with Crippen LogP contribution in [0.4, 0.5) is 0 Å². The number of nitrogens with zero attached hydrogens (tertiary/aromatic N) is 2. The number of carbonyl (C=O) groups excluding carboxylic acids is 1. The lowest BCUT2D eigenvalue weighted by Gasteiger charge is -2.08. The maximum atomic E-state index is 12.4. The molecule has 1 aromatic heterocycles. The number of benzene rings is 1. The summed E-state index contributed by atoms with van der Waals surface area (Å²) < 4.78 is 7.53. The van der Waals surface area contributed by atoms with Crippen LogP contribution in [0.2, 0.25) is 5.02 Å². The van der Waals surface area contributed by atoms with Crippen molar-refractivity contribution >= 4 is 23.6 Å². The number of carbonyl (C=O) groups is 1. The van der Waals surface area contributed by atoms with Crippen molar-refractivity contribution in [1.29, 1.82) is 5.26 Å². The van der Waals surface area contributed by atoms with E-state index in [1.807, 2.05) is 26.0 Å². The van der Waals surface area contributed by atoms with Crippen LogP contribution in [0.1, 0.15) is 35.9 Å². The SMILES string of the molecule is CCCn1c(C)cc(/C=C(/C#N)C(=O)Oc2ccc(Cl)cc2C)c1C. The molecule has 0 atom stereocenters. The summed E-state index contributed by atoms with van der Waals surface area (Å²) in [6.07, 6.45) is 2.60. The second kappa shape index (κ2) is 8.04. The predicted octanol–water partition coefficient (Wildman–Crippen LogP) is 4.99. The highest BCUT2D eigenvalue weighted by molar-refractivity contribution is 6.30. The zero-order valence-electron chi connectivity index (χ0n) is 14.9. The summed E-state index contributed by atoms with van der Waals surface area (Å²) in [5, 5.41) is 9.94. The number of ether oxygens (including phenoxy) is 1. The van der Waals surface area contributed by atoms with Crippen molar-refractivity contribution in [3.8, 4) is 11.8 Å². The molecule has 0 N–H and O–H groups in total.